The van der Waals surface area contributed by atoms with Crippen LogP contribution in [0.2, 0.25) is 0 Å². The Balaban J connectivity index is 1.88. The maximum atomic E-state index is 14.6. The van der Waals surface area contributed by atoms with Crippen molar-refractivity contribution in [3.8, 4) is 23.3 Å². The average molecular weight is 514 g/mol. The van der Waals surface area contributed by atoms with Crippen molar-refractivity contribution in [3.05, 3.63) is 75.8 Å². The summed E-state index contributed by atoms with van der Waals surface area (Å²) in [5.74, 6) is -3.27. The van der Waals surface area contributed by atoms with E-state index in [0.29, 0.717) is 40.1 Å². The van der Waals surface area contributed by atoms with E-state index in [2.05, 4.69) is 16.4 Å². The number of nitriles is 2. The van der Waals surface area contributed by atoms with Crippen LogP contribution in [-0.4, -0.2) is 23.3 Å². The Bertz CT molecular complexity index is 1530. The van der Waals surface area contributed by atoms with Crippen LogP contribution in [0.3, 0.4) is 0 Å². The van der Waals surface area contributed by atoms with Gasteiger partial charge < -0.3 is 11.1 Å². The van der Waals surface area contributed by atoms with Gasteiger partial charge in [-0.3, -0.25) is 15.1 Å². The number of aromatic nitrogens is 1. The van der Waals surface area contributed by atoms with E-state index in [0.717, 1.165) is 6.92 Å². The summed E-state index contributed by atoms with van der Waals surface area (Å²) in [5.41, 5.74) is 8.41. The molecule has 2 heterocycles. The standard InChI is InChI=1S/C28H25F2N7O/c1-3-16-9-21-22(23(11-16)28(2,29)30)15-37(27(21)38)25-13-18(12-24(36-25)35-8-4-7-31)20-10-17(14-32)5-6-19(20)26(33)34/h5-6,9-13H,3-4,8,15H2,1-2H3,(H3,33,34)(H,35,36). The number of halogens is 2. The Morgan fingerprint density at radius 2 is 1.97 bits per heavy atom. The van der Waals surface area contributed by atoms with Crippen molar-refractivity contribution in [2.75, 3.05) is 16.8 Å². The molecule has 0 radical (unpaired) electrons. The van der Waals surface area contributed by atoms with Gasteiger partial charge in [0.15, 0.2) is 0 Å². The summed E-state index contributed by atoms with van der Waals surface area (Å²) in [6.45, 7) is 2.84. The van der Waals surface area contributed by atoms with Crippen LogP contribution in [0.15, 0.2) is 42.5 Å². The molecule has 1 aromatic heterocycles. The first-order chi connectivity index (χ1) is 18.1. The van der Waals surface area contributed by atoms with E-state index in [4.69, 9.17) is 16.4 Å². The number of amides is 1. The number of carbonyl (C=O) groups is 1. The quantitative estimate of drug-likeness (QED) is 0.218. The van der Waals surface area contributed by atoms with Crippen LogP contribution >= 0.6 is 0 Å². The summed E-state index contributed by atoms with van der Waals surface area (Å²) in [5, 5.41) is 29.4. The molecule has 0 spiro atoms. The third-order valence-electron chi connectivity index (χ3n) is 6.36. The molecule has 4 N–H and O–H groups in total. The summed E-state index contributed by atoms with van der Waals surface area (Å²) < 4.78 is 29.1. The molecule has 0 saturated carbocycles. The van der Waals surface area contributed by atoms with E-state index in [9.17, 15) is 18.8 Å². The Kier molecular flexibility index (Phi) is 7.09. The molecule has 0 unspecified atom stereocenters. The summed E-state index contributed by atoms with van der Waals surface area (Å²) in [6.07, 6.45) is 0.695. The zero-order valence-electron chi connectivity index (χ0n) is 20.9. The van der Waals surface area contributed by atoms with Gasteiger partial charge in [-0.15, -0.1) is 0 Å². The highest BCUT2D eigenvalue weighted by molar-refractivity contribution is 6.10. The first kappa shape index (κ1) is 26.2. The average Bonchev–Trinajstić information content (AvgIpc) is 3.23. The number of carbonyl (C=O) groups excluding carboxylic acids is 1. The van der Waals surface area contributed by atoms with Gasteiger partial charge in [0, 0.05) is 30.2 Å². The molecule has 10 heteroatoms. The highest BCUT2D eigenvalue weighted by atomic mass is 19.3. The second kappa shape index (κ2) is 10.3. The fourth-order valence-electron chi connectivity index (χ4n) is 4.48. The molecule has 1 aliphatic rings. The number of anilines is 2. The Labute approximate surface area is 218 Å². The minimum atomic E-state index is -3.14. The molecular weight excluding hydrogens is 488 g/mol. The number of pyridine rings is 1. The van der Waals surface area contributed by atoms with Crippen LogP contribution < -0.4 is 16.0 Å². The minimum absolute atomic E-state index is 0.0944. The number of nitrogens with one attached hydrogen (secondary N) is 2. The number of nitrogens with zero attached hydrogens (tertiary/aromatic N) is 4. The van der Waals surface area contributed by atoms with E-state index in [1.54, 1.807) is 36.4 Å². The third kappa shape index (κ3) is 5.02. The lowest BCUT2D eigenvalue weighted by Gasteiger charge is -2.19. The highest BCUT2D eigenvalue weighted by Gasteiger charge is 2.38. The number of alkyl halides is 2. The fourth-order valence-corrected chi connectivity index (χ4v) is 4.48. The summed E-state index contributed by atoms with van der Waals surface area (Å²) >= 11 is 0. The van der Waals surface area contributed by atoms with Gasteiger partial charge in [0.1, 0.15) is 17.5 Å². The Morgan fingerprint density at radius 3 is 2.61 bits per heavy atom. The molecule has 1 amide bonds. The van der Waals surface area contributed by atoms with E-state index >= 15 is 0 Å². The fraction of sp³-hybridized carbons (Fsp3) is 0.250. The van der Waals surface area contributed by atoms with Crippen LogP contribution in [0.4, 0.5) is 20.4 Å². The number of amidine groups is 1. The van der Waals surface area contributed by atoms with Gasteiger partial charge in [-0.2, -0.15) is 10.5 Å². The Morgan fingerprint density at radius 1 is 1.21 bits per heavy atom. The van der Waals surface area contributed by atoms with Crippen LogP contribution in [0, 0.1) is 28.1 Å². The van der Waals surface area contributed by atoms with E-state index in [1.165, 1.54) is 11.0 Å². The molecule has 0 atom stereocenters. The predicted octanol–water partition coefficient (Wildman–Crippen LogP) is 5.06. The molecule has 8 nitrogen and oxygen atoms in total. The van der Waals surface area contributed by atoms with Gasteiger partial charge in [-0.25, -0.2) is 13.8 Å². The van der Waals surface area contributed by atoms with E-state index in [-0.39, 0.29) is 47.9 Å². The zero-order chi connectivity index (χ0) is 27.6. The molecule has 2 aromatic carbocycles. The van der Waals surface area contributed by atoms with Crippen molar-refractivity contribution in [1.29, 1.82) is 15.9 Å². The molecular formula is C28H25F2N7O. The van der Waals surface area contributed by atoms with Gasteiger partial charge in [0.05, 0.1) is 30.7 Å². The molecule has 192 valence electrons. The largest absolute Gasteiger partial charge is 0.384 e. The molecule has 38 heavy (non-hydrogen) atoms. The Hall–Kier alpha value is -4.83. The highest BCUT2D eigenvalue weighted by Crippen LogP contribution is 2.39. The molecule has 0 bridgehead atoms. The summed E-state index contributed by atoms with van der Waals surface area (Å²) in [7, 11) is 0. The van der Waals surface area contributed by atoms with Crippen molar-refractivity contribution in [2.24, 2.45) is 5.73 Å². The number of hydrogen-bond donors (Lipinski definition) is 3. The summed E-state index contributed by atoms with van der Waals surface area (Å²) in [6, 6.07) is 15.2. The number of aryl methyl sites for hydroxylation is 1. The van der Waals surface area contributed by atoms with Gasteiger partial charge in [-0.1, -0.05) is 6.92 Å². The smallest absolute Gasteiger partial charge is 0.270 e. The lowest BCUT2D eigenvalue weighted by atomic mass is 9.95. The molecule has 1 aliphatic heterocycles. The number of nitrogens with two attached hydrogens (primary N) is 1. The first-order valence-electron chi connectivity index (χ1n) is 11.9. The normalized spacial score (nSPS) is 12.6. The van der Waals surface area contributed by atoms with Crippen molar-refractivity contribution in [1.82, 2.24) is 4.98 Å². The van der Waals surface area contributed by atoms with Gasteiger partial charge >= 0.3 is 0 Å². The lowest BCUT2D eigenvalue weighted by molar-refractivity contribution is 0.0165. The maximum Gasteiger partial charge on any atom is 0.270 e. The lowest BCUT2D eigenvalue weighted by Crippen LogP contribution is -2.24. The van der Waals surface area contributed by atoms with E-state index in [1.807, 2.05) is 13.0 Å². The number of hydrogen-bond acceptors (Lipinski definition) is 6. The molecule has 4 rings (SSSR count). The molecule has 0 saturated heterocycles. The van der Waals surface area contributed by atoms with Gasteiger partial charge in [0.2, 0.25) is 0 Å². The van der Waals surface area contributed by atoms with Gasteiger partial charge in [-0.05, 0) is 71.1 Å². The topological polar surface area (TPSA) is 143 Å². The van der Waals surface area contributed by atoms with Crippen molar-refractivity contribution in [3.63, 3.8) is 0 Å². The predicted molar refractivity (Wildman–Crippen MR) is 140 cm³/mol. The first-order valence-corrected chi connectivity index (χ1v) is 11.9. The number of fused-ring (bicyclic) bond motifs is 1. The van der Waals surface area contributed by atoms with Crippen molar-refractivity contribution < 1.29 is 13.6 Å². The maximum absolute atomic E-state index is 14.6. The van der Waals surface area contributed by atoms with Crippen LogP contribution in [-0.2, 0) is 18.9 Å². The number of nitrogen functional groups attached to an aromatic ring is 1. The van der Waals surface area contributed by atoms with Crippen LogP contribution in [0.5, 0.6) is 0 Å². The second-order valence-corrected chi connectivity index (χ2v) is 9.02. The molecule has 0 fully saturated rings. The molecule has 0 aliphatic carbocycles. The third-order valence-corrected chi connectivity index (χ3v) is 6.36. The van der Waals surface area contributed by atoms with Crippen molar-refractivity contribution >= 4 is 23.4 Å². The number of benzene rings is 2. The SMILES string of the molecule is CCc1cc2c(c(C(C)(F)F)c1)CN(c1cc(-c3cc(C#N)ccc3C(=N)N)cc(NCCC#N)n1)C2=O. The second-order valence-electron chi connectivity index (χ2n) is 9.02. The van der Waals surface area contributed by atoms with E-state index < -0.39 is 11.8 Å². The van der Waals surface area contributed by atoms with Gasteiger partial charge in [0.25, 0.3) is 11.8 Å². The monoisotopic (exact) mass is 513 g/mol. The zero-order valence-corrected chi connectivity index (χ0v) is 20.9. The van der Waals surface area contributed by atoms with Crippen molar-refractivity contribution in [2.45, 2.75) is 39.2 Å². The van der Waals surface area contributed by atoms with Crippen LogP contribution in [0.1, 0.15) is 58.4 Å². The number of rotatable bonds is 8. The van der Waals surface area contributed by atoms with Crippen LogP contribution in [0.25, 0.3) is 11.1 Å². The summed E-state index contributed by atoms with van der Waals surface area (Å²) in [4.78, 5) is 19.4. The molecule has 3 aromatic rings. The minimum Gasteiger partial charge on any atom is -0.384 e.